The van der Waals surface area contributed by atoms with Crippen LogP contribution in [0.4, 0.5) is 13.2 Å². The van der Waals surface area contributed by atoms with Crippen LogP contribution < -0.4 is 9.47 Å². The Bertz CT molecular complexity index is 1200. The van der Waals surface area contributed by atoms with Gasteiger partial charge in [-0.25, -0.2) is 0 Å². The highest BCUT2D eigenvalue weighted by molar-refractivity contribution is 5.87. The molecule has 0 bridgehead atoms. The Morgan fingerprint density at radius 1 is 1.21 bits per heavy atom. The van der Waals surface area contributed by atoms with Gasteiger partial charge >= 0.3 is 12.1 Å². The van der Waals surface area contributed by atoms with Gasteiger partial charge in [-0.2, -0.15) is 13.2 Å². The highest BCUT2D eigenvalue weighted by atomic mass is 19.4. The van der Waals surface area contributed by atoms with Crippen LogP contribution in [-0.4, -0.2) is 21.7 Å². The fraction of sp³-hybridized carbons (Fsp3) is 0.400. The number of aromatic nitrogens is 1. The molecule has 1 atom stereocenters. The van der Waals surface area contributed by atoms with E-state index in [1.165, 1.54) is 6.07 Å². The predicted molar refractivity (Wildman–Crippen MR) is 118 cm³/mol. The maximum absolute atomic E-state index is 13.5. The summed E-state index contributed by atoms with van der Waals surface area (Å²) in [6.07, 6.45) is -4.01. The largest absolute Gasteiger partial charge is 0.490 e. The first-order valence-electron chi connectivity index (χ1n) is 10.9. The first-order chi connectivity index (χ1) is 15.5. The highest BCUT2D eigenvalue weighted by Gasteiger charge is 2.35. The van der Waals surface area contributed by atoms with Crippen LogP contribution in [0, 0.1) is 6.92 Å². The van der Waals surface area contributed by atoms with Gasteiger partial charge in [0.05, 0.1) is 18.1 Å². The Morgan fingerprint density at radius 3 is 2.64 bits per heavy atom. The SMILES string of the molecule is Cc1c2n(c3ccc(OCc4ccc(OC(C)C)c(C(F)(F)F)c4)cc13)CCC2CC(=O)O. The number of aliphatic carboxylic acids is 1. The lowest BCUT2D eigenvalue weighted by atomic mass is 9.97. The normalized spacial score (nSPS) is 15.8. The molecule has 2 aromatic carbocycles. The van der Waals surface area contributed by atoms with Crippen LogP contribution in [0.1, 0.15) is 55.0 Å². The van der Waals surface area contributed by atoms with Crippen LogP contribution in [0.3, 0.4) is 0 Å². The van der Waals surface area contributed by atoms with E-state index in [1.807, 2.05) is 19.1 Å². The lowest BCUT2D eigenvalue weighted by molar-refractivity contribution is -0.139. The monoisotopic (exact) mass is 461 g/mol. The van der Waals surface area contributed by atoms with Crippen molar-refractivity contribution in [1.29, 1.82) is 0 Å². The molecule has 4 rings (SSSR count). The van der Waals surface area contributed by atoms with Crippen molar-refractivity contribution in [3.05, 3.63) is 58.8 Å². The Morgan fingerprint density at radius 2 is 1.97 bits per heavy atom. The quantitative estimate of drug-likeness (QED) is 0.449. The fourth-order valence-electron chi connectivity index (χ4n) is 4.62. The number of fused-ring (bicyclic) bond motifs is 3. The molecule has 176 valence electrons. The van der Waals surface area contributed by atoms with Crippen molar-refractivity contribution in [2.24, 2.45) is 0 Å². The van der Waals surface area contributed by atoms with Crippen LogP contribution in [-0.2, 0) is 24.1 Å². The van der Waals surface area contributed by atoms with Crippen LogP contribution in [0.25, 0.3) is 10.9 Å². The van der Waals surface area contributed by atoms with Gasteiger partial charge in [-0.05, 0) is 68.7 Å². The topological polar surface area (TPSA) is 60.7 Å². The van der Waals surface area contributed by atoms with Gasteiger partial charge in [-0.3, -0.25) is 4.79 Å². The molecule has 0 saturated heterocycles. The van der Waals surface area contributed by atoms with Gasteiger partial charge in [-0.1, -0.05) is 6.07 Å². The molecule has 1 N–H and O–H groups in total. The molecule has 1 unspecified atom stereocenters. The fourth-order valence-corrected chi connectivity index (χ4v) is 4.62. The number of halogens is 3. The first kappa shape index (κ1) is 23.0. The minimum absolute atomic E-state index is 0.0216. The maximum Gasteiger partial charge on any atom is 0.419 e. The van der Waals surface area contributed by atoms with E-state index < -0.39 is 17.7 Å². The van der Waals surface area contributed by atoms with Crippen molar-refractivity contribution in [2.45, 2.75) is 65.0 Å². The van der Waals surface area contributed by atoms with Gasteiger partial charge in [0.2, 0.25) is 0 Å². The average molecular weight is 461 g/mol. The smallest absolute Gasteiger partial charge is 0.419 e. The number of aryl methyl sites for hydroxylation is 2. The molecule has 0 amide bonds. The molecular formula is C25H26F3NO4. The molecule has 0 aliphatic carbocycles. The zero-order valence-electron chi connectivity index (χ0n) is 18.7. The van der Waals surface area contributed by atoms with E-state index >= 15 is 0 Å². The number of carboxylic acid groups (broad SMARTS) is 1. The molecule has 0 radical (unpaired) electrons. The van der Waals surface area contributed by atoms with Crippen molar-refractivity contribution in [2.75, 3.05) is 0 Å². The summed E-state index contributed by atoms with van der Waals surface area (Å²) in [7, 11) is 0. The molecule has 0 saturated carbocycles. The Hall–Kier alpha value is -3.16. The minimum Gasteiger partial charge on any atom is -0.490 e. The summed E-state index contributed by atoms with van der Waals surface area (Å²) >= 11 is 0. The molecule has 1 aliphatic rings. The summed E-state index contributed by atoms with van der Waals surface area (Å²) in [5.74, 6) is -0.491. The molecule has 5 nitrogen and oxygen atoms in total. The maximum atomic E-state index is 13.5. The second-order valence-corrected chi connectivity index (χ2v) is 8.71. The van der Waals surface area contributed by atoms with E-state index in [4.69, 9.17) is 9.47 Å². The van der Waals surface area contributed by atoms with Crippen LogP contribution in [0.5, 0.6) is 11.5 Å². The molecule has 2 heterocycles. The number of benzene rings is 2. The van der Waals surface area contributed by atoms with Crippen LogP contribution >= 0.6 is 0 Å². The van der Waals surface area contributed by atoms with Gasteiger partial charge in [0, 0.05) is 29.1 Å². The standard InChI is InChI=1S/C25H26F3NO4/c1-14(2)33-22-7-4-16(10-20(22)25(26,27)28)13-32-18-5-6-21-19(12-18)15(3)24-17(11-23(30)31)8-9-29(21)24/h4-7,10,12,14,17H,8-9,11,13H2,1-3H3,(H,30,31). The van der Waals surface area contributed by atoms with Crippen molar-refractivity contribution in [3.63, 3.8) is 0 Å². The molecule has 8 heteroatoms. The average Bonchev–Trinajstić information content (AvgIpc) is 3.25. The van der Waals surface area contributed by atoms with Crippen molar-refractivity contribution in [1.82, 2.24) is 4.57 Å². The molecule has 33 heavy (non-hydrogen) atoms. The van der Waals surface area contributed by atoms with Gasteiger partial charge in [0.25, 0.3) is 0 Å². The zero-order valence-corrected chi connectivity index (χ0v) is 18.7. The summed E-state index contributed by atoms with van der Waals surface area (Å²) in [5.41, 5.74) is 2.64. The van der Waals surface area contributed by atoms with Crippen LogP contribution in [0.2, 0.25) is 0 Å². The number of hydrogen-bond donors (Lipinski definition) is 1. The summed E-state index contributed by atoms with van der Waals surface area (Å²) in [5, 5.41) is 10.2. The molecular weight excluding hydrogens is 435 g/mol. The summed E-state index contributed by atoms with van der Waals surface area (Å²) in [4.78, 5) is 11.2. The Labute approximate surface area is 189 Å². The van der Waals surface area contributed by atoms with Gasteiger partial charge < -0.3 is 19.1 Å². The second-order valence-electron chi connectivity index (χ2n) is 8.71. The minimum atomic E-state index is -4.53. The lowest BCUT2D eigenvalue weighted by Gasteiger charge is -2.17. The number of carboxylic acids is 1. The number of hydrogen-bond acceptors (Lipinski definition) is 3. The molecule has 1 aliphatic heterocycles. The van der Waals surface area contributed by atoms with E-state index in [1.54, 1.807) is 26.0 Å². The van der Waals surface area contributed by atoms with Crippen LogP contribution in [0.15, 0.2) is 36.4 Å². The van der Waals surface area contributed by atoms with E-state index in [-0.39, 0.29) is 30.8 Å². The predicted octanol–water partition coefficient (Wildman–Crippen LogP) is 6.30. The molecule has 3 aromatic rings. The number of ether oxygens (including phenoxy) is 2. The van der Waals surface area contributed by atoms with Crippen molar-refractivity contribution < 1.29 is 32.5 Å². The first-order valence-corrected chi connectivity index (χ1v) is 10.9. The van der Waals surface area contributed by atoms with E-state index in [0.29, 0.717) is 11.3 Å². The third-order valence-corrected chi connectivity index (χ3v) is 5.96. The Kier molecular flexibility index (Phi) is 6.03. The summed E-state index contributed by atoms with van der Waals surface area (Å²) < 4.78 is 53.8. The lowest BCUT2D eigenvalue weighted by Crippen LogP contribution is -2.13. The zero-order chi connectivity index (χ0) is 23.9. The van der Waals surface area contributed by atoms with Crippen molar-refractivity contribution in [3.8, 4) is 11.5 Å². The number of nitrogens with zero attached hydrogens (tertiary/aromatic N) is 1. The third kappa shape index (κ3) is 4.65. The molecule has 0 fully saturated rings. The van der Waals surface area contributed by atoms with E-state index in [0.717, 1.165) is 41.2 Å². The summed E-state index contributed by atoms with van der Waals surface area (Å²) in [6.45, 7) is 6.07. The number of alkyl halides is 3. The number of carbonyl (C=O) groups is 1. The molecule has 1 aromatic heterocycles. The Balaban J connectivity index is 1.57. The third-order valence-electron chi connectivity index (χ3n) is 5.96. The highest BCUT2D eigenvalue weighted by Crippen LogP contribution is 2.41. The van der Waals surface area contributed by atoms with E-state index in [2.05, 4.69) is 4.57 Å². The van der Waals surface area contributed by atoms with Gasteiger partial charge in [0.15, 0.2) is 0 Å². The van der Waals surface area contributed by atoms with Crippen molar-refractivity contribution >= 4 is 16.9 Å². The van der Waals surface area contributed by atoms with Gasteiger partial charge in [0.1, 0.15) is 18.1 Å². The molecule has 0 spiro atoms. The number of rotatable bonds is 7. The second kappa shape index (κ2) is 8.65. The van der Waals surface area contributed by atoms with Gasteiger partial charge in [-0.15, -0.1) is 0 Å². The van der Waals surface area contributed by atoms with E-state index in [9.17, 15) is 23.1 Å². The summed E-state index contributed by atoms with van der Waals surface area (Å²) in [6, 6.07) is 9.54.